The molecule has 0 amide bonds. The zero-order valence-corrected chi connectivity index (χ0v) is 19.1. The van der Waals surface area contributed by atoms with Gasteiger partial charge in [-0.2, -0.15) is 4.98 Å². The smallest absolute Gasteiger partial charge is 0.228 e. The maximum Gasteiger partial charge on any atom is 0.228 e. The number of rotatable bonds is 7. The molecule has 2 aromatic heterocycles. The van der Waals surface area contributed by atoms with Gasteiger partial charge in [-0.05, 0) is 72.5 Å². The van der Waals surface area contributed by atoms with Crippen LogP contribution in [0.15, 0.2) is 36.5 Å². The summed E-state index contributed by atoms with van der Waals surface area (Å²) in [6.07, 6.45) is 6.46. The van der Waals surface area contributed by atoms with Crippen LogP contribution in [0.4, 0.5) is 17.5 Å². The molecule has 8 heteroatoms. The van der Waals surface area contributed by atoms with E-state index in [0.717, 1.165) is 61.0 Å². The summed E-state index contributed by atoms with van der Waals surface area (Å²) < 4.78 is 1.19. The number of aromatic nitrogens is 3. The number of hydrogen-bond donors (Lipinski definition) is 2. The van der Waals surface area contributed by atoms with Crippen molar-refractivity contribution in [3.05, 3.63) is 45.3 Å². The Bertz CT molecular complexity index is 977. The third kappa shape index (κ3) is 5.39. The first-order valence-corrected chi connectivity index (χ1v) is 11.5. The Morgan fingerprint density at radius 2 is 1.83 bits per heavy atom. The van der Waals surface area contributed by atoms with Crippen LogP contribution in [0.3, 0.4) is 0 Å². The molecule has 3 aromatic rings. The lowest BCUT2D eigenvalue weighted by Gasteiger charge is -2.26. The topological polar surface area (TPSA) is 66.0 Å². The molecule has 0 spiro atoms. The number of benzene rings is 1. The lowest BCUT2D eigenvalue weighted by atomic mass is 10.1. The Hall–Kier alpha value is -1.87. The summed E-state index contributed by atoms with van der Waals surface area (Å²) in [6.45, 7) is 3.67. The highest BCUT2D eigenvalue weighted by atomic mass is 127. The molecule has 4 rings (SSSR count). The molecule has 0 aliphatic carbocycles. The van der Waals surface area contributed by atoms with E-state index < -0.39 is 0 Å². The van der Waals surface area contributed by atoms with E-state index in [4.69, 9.17) is 11.6 Å². The molecular weight excluding hydrogens is 499 g/mol. The molecule has 0 bridgehead atoms. The van der Waals surface area contributed by atoms with E-state index in [1.807, 2.05) is 12.3 Å². The second kappa shape index (κ2) is 9.75. The minimum Gasteiger partial charge on any atom is -0.384 e. The molecule has 29 heavy (non-hydrogen) atoms. The van der Waals surface area contributed by atoms with E-state index in [9.17, 15) is 0 Å². The van der Waals surface area contributed by atoms with Crippen molar-refractivity contribution in [1.82, 2.24) is 15.0 Å². The van der Waals surface area contributed by atoms with Gasteiger partial charge in [0, 0.05) is 53.1 Å². The number of nitrogens with zero attached hydrogens (tertiary/aromatic N) is 4. The van der Waals surface area contributed by atoms with Gasteiger partial charge in [0.25, 0.3) is 0 Å². The number of hydrogen-bond acceptors (Lipinski definition) is 6. The van der Waals surface area contributed by atoms with E-state index in [1.165, 1.54) is 22.8 Å². The van der Waals surface area contributed by atoms with Gasteiger partial charge in [0.2, 0.25) is 5.95 Å². The van der Waals surface area contributed by atoms with Gasteiger partial charge in [0.1, 0.15) is 11.0 Å². The summed E-state index contributed by atoms with van der Waals surface area (Å²) in [4.78, 5) is 15.7. The van der Waals surface area contributed by atoms with Gasteiger partial charge in [-0.25, -0.2) is 4.98 Å². The molecule has 0 saturated carbocycles. The number of halogens is 2. The van der Waals surface area contributed by atoms with Gasteiger partial charge >= 0.3 is 0 Å². The Morgan fingerprint density at radius 1 is 1.00 bits per heavy atom. The summed E-state index contributed by atoms with van der Waals surface area (Å²) in [5.74, 6) is 1.52. The van der Waals surface area contributed by atoms with Crippen molar-refractivity contribution in [3.8, 4) is 0 Å². The summed E-state index contributed by atoms with van der Waals surface area (Å²) in [6, 6.07) is 10.1. The molecule has 1 aromatic carbocycles. The molecule has 1 fully saturated rings. The second-order valence-electron chi connectivity index (χ2n) is 7.15. The van der Waals surface area contributed by atoms with Crippen LogP contribution in [-0.4, -0.2) is 41.1 Å². The lowest BCUT2D eigenvalue weighted by Crippen LogP contribution is -2.31. The van der Waals surface area contributed by atoms with Gasteiger partial charge in [-0.3, -0.25) is 4.98 Å². The summed E-state index contributed by atoms with van der Waals surface area (Å²) in [5.41, 5.74) is 2.13. The van der Waals surface area contributed by atoms with Crippen molar-refractivity contribution in [2.24, 2.45) is 0 Å². The molecule has 152 valence electrons. The van der Waals surface area contributed by atoms with Gasteiger partial charge in [0.15, 0.2) is 0 Å². The Morgan fingerprint density at radius 3 is 2.69 bits per heavy atom. The first-order valence-electron chi connectivity index (χ1n) is 10.0. The molecule has 1 saturated heterocycles. The Kier molecular flexibility index (Phi) is 6.86. The van der Waals surface area contributed by atoms with Crippen molar-refractivity contribution in [2.45, 2.75) is 25.7 Å². The van der Waals surface area contributed by atoms with Crippen molar-refractivity contribution in [1.29, 1.82) is 0 Å². The van der Waals surface area contributed by atoms with Crippen LogP contribution >= 0.6 is 34.2 Å². The van der Waals surface area contributed by atoms with Crippen molar-refractivity contribution in [2.75, 3.05) is 41.7 Å². The molecule has 2 N–H and O–H groups in total. The zero-order valence-electron chi connectivity index (χ0n) is 16.2. The minimum absolute atomic E-state index is 0.485. The quantitative estimate of drug-likeness (QED) is 0.253. The van der Waals surface area contributed by atoms with Gasteiger partial charge < -0.3 is 15.5 Å². The van der Waals surface area contributed by atoms with E-state index in [-0.39, 0.29) is 0 Å². The first kappa shape index (κ1) is 20.4. The summed E-state index contributed by atoms with van der Waals surface area (Å²) in [7, 11) is 0. The number of pyridine rings is 1. The van der Waals surface area contributed by atoms with Crippen LogP contribution in [0.2, 0.25) is 5.15 Å². The Balaban J connectivity index is 1.30. The van der Waals surface area contributed by atoms with E-state index >= 15 is 0 Å². The molecule has 1 aliphatic rings. The van der Waals surface area contributed by atoms with Crippen LogP contribution in [0.5, 0.6) is 0 Å². The third-order valence-corrected chi connectivity index (χ3v) is 5.87. The molecule has 0 radical (unpaired) electrons. The second-order valence-corrected chi connectivity index (χ2v) is 8.78. The number of anilines is 3. The summed E-state index contributed by atoms with van der Waals surface area (Å²) in [5, 5.41) is 8.53. The molecular formula is C21H24ClIN6. The van der Waals surface area contributed by atoms with E-state index in [2.05, 4.69) is 71.3 Å². The van der Waals surface area contributed by atoms with Crippen molar-refractivity contribution in [3.63, 3.8) is 0 Å². The highest BCUT2D eigenvalue weighted by Crippen LogP contribution is 2.23. The number of fused-ring (bicyclic) bond motifs is 1. The van der Waals surface area contributed by atoms with Crippen LogP contribution in [-0.2, 0) is 0 Å². The molecule has 3 heterocycles. The monoisotopic (exact) mass is 522 g/mol. The fraction of sp³-hybridized carbons (Fsp3) is 0.381. The largest absolute Gasteiger partial charge is 0.384 e. The van der Waals surface area contributed by atoms with Gasteiger partial charge in [-0.15, -0.1) is 0 Å². The standard InChI is InChI=1S/C21H24ClIN6/c22-19-14-20(28-21(27-19)29-11-2-1-3-12-29)26-9-4-8-24-17-7-10-25-18-13-15(23)5-6-16(17)18/h5-7,10,13-14H,1-4,8-9,11-12H2,(H,24,25)(H,26,27,28). The minimum atomic E-state index is 0.485. The maximum absolute atomic E-state index is 6.22. The van der Waals surface area contributed by atoms with Crippen molar-refractivity contribution < 1.29 is 0 Å². The van der Waals surface area contributed by atoms with Gasteiger partial charge in [-0.1, -0.05) is 11.6 Å². The summed E-state index contributed by atoms with van der Waals surface area (Å²) >= 11 is 8.53. The SMILES string of the molecule is Clc1cc(NCCCNc2ccnc3cc(I)ccc23)nc(N2CCCCC2)n1. The van der Waals surface area contributed by atoms with E-state index in [0.29, 0.717) is 5.15 Å². The lowest BCUT2D eigenvalue weighted by molar-refractivity contribution is 0.568. The maximum atomic E-state index is 6.22. The van der Waals surface area contributed by atoms with Crippen LogP contribution in [0.25, 0.3) is 10.9 Å². The fourth-order valence-electron chi connectivity index (χ4n) is 3.53. The predicted octanol–water partition coefficient (Wildman–Crippen LogP) is 5.19. The van der Waals surface area contributed by atoms with Crippen molar-refractivity contribution >= 4 is 62.5 Å². The van der Waals surface area contributed by atoms with Gasteiger partial charge in [0.05, 0.1) is 5.52 Å². The zero-order chi connectivity index (χ0) is 20.1. The highest BCUT2D eigenvalue weighted by Gasteiger charge is 2.15. The highest BCUT2D eigenvalue weighted by molar-refractivity contribution is 14.1. The average molecular weight is 523 g/mol. The van der Waals surface area contributed by atoms with E-state index in [1.54, 1.807) is 6.07 Å². The molecule has 0 atom stereocenters. The van der Waals surface area contributed by atoms with Crippen LogP contribution in [0.1, 0.15) is 25.7 Å². The Labute approximate surface area is 189 Å². The fourth-order valence-corrected chi connectivity index (χ4v) is 4.19. The number of piperidine rings is 1. The number of nitrogens with one attached hydrogen (secondary N) is 2. The van der Waals surface area contributed by atoms with Crippen LogP contribution in [0, 0.1) is 3.57 Å². The van der Waals surface area contributed by atoms with Crippen LogP contribution < -0.4 is 15.5 Å². The first-order chi connectivity index (χ1) is 14.2. The predicted molar refractivity (Wildman–Crippen MR) is 129 cm³/mol. The molecule has 6 nitrogen and oxygen atoms in total. The average Bonchev–Trinajstić information content (AvgIpc) is 2.73. The molecule has 0 unspecified atom stereocenters. The normalized spacial score (nSPS) is 14.2. The molecule has 1 aliphatic heterocycles. The third-order valence-electron chi connectivity index (χ3n) is 5.00.